The molecule has 0 atom stereocenters. The number of aromatic nitrogens is 3. The highest BCUT2D eigenvalue weighted by atomic mass is 16.5. The first-order valence-corrected chi connectivity index (χ1v) is 12.4. The average molecular weight is 480 g/mol. The standard InChI is InChI=1S/C28H25N5O3/c34-28(25-20-5-1-3-7-22(20)35-23-8-4-2-6-21(23)25)33-15-13-32(14-16-33)24-12-11-19(17-29-24)26-30-27(36-31-26)18-9-10-18/h1-8,11-12,17-18,25H,9-10,13-16H2. The second-order valence-corrected chi connectivity index (χ2v) is 9.56. The third-order valence-corrected chi connectivity index (χ3v) is 7.22. The number of amides is 1. The topological polar surface area (TPSA) is 84.6 Å². The second kappa shape index (κ2) is 8.48. The SMILES string of the molecule is O=C(C1c2ccccc2Oc2ccccc21)N1CCN(c2ccc(-c3noc(C4CC4)n3)cn2)CC1. The van der Waals surface area contributed by atoms with E-state index >= 15 is 0 Å². The van der Waals surface area contributed by atoms with Gasteiger partial charge >= 0.3 is 0 Å². The van der Waals surface area contributed by atoms with E-state index in [9.17, 15) is 4.79 Å². The molecule has 2 aromatic carbocycles. The summed E-state index contributed by atoms with van der Waals surface area (Å²) in [5.74, 6) is 3.90. The lowest BCUT2D eigenvalue weighted by Crippen LogP contribution is -2.50. The van der Waals surface area contributed by atoms with Crippen LogP contribution in [-0.4, -0.2) is 52.1 Å². The maximum absolute atomic E-state index is 13.8. The molecule has 4 aromatic rings. The van der Waals surface area contributed by atoms with Gasteiger partial charge in [0.1, 0.15) is 17.3 Å². The third kappa shape index (κ3) is 3.69. The van der Waals surface area contributed by atoms with Gasteiger partial charge in [0.2, 0.25) is 17.6 Å². The molecule has 8 nitrogen and oxygen atoms in total. The molecule has 1 saturated carbocycles. The number of para-hydroxylation sites is 2. The maximum atomic E-state index is 13.8. The maximum Gasteiger partial charge on any atom is 0.234 e. The Balaban J connectivity index is 1.05. The van der Waals surface area contributed by atoms with Gasteiger partial charge in [-0.05, 0) is 37.1 Å². The fraction of sp³-hybridized carbons (Fsp3) is 0.286. The number of ether oxygens (including phenoxy) is 1. The third-order valence-electron chi connectivity index (χ3n) is 7.22. The number of pyridine rings is 1. The van der Waals surface area contributed by atoms with Crippen LogP contribution in [0.4, 0.5) is 5.82 Å². The molecule has 0 spiro atoms. The molecule has 0 N–H and O–H groups in total. The summed E-state index contributed by atoms with van der Waals surface area (Å²) in [5, 5.41) is 4.10. The van der Waals surface area contributed by atoms with E-state index in [0.29, 0.717) is 24.8 Å². The highest BCUT2D eigenvalue weighted by Gasteiger charge is 2.36. The predicted molar refractivity (Wildman–Crippen MR) is 133 cm³/mol. The lowest BCUT2D eigenvalue weighted by atomic mass is 9.86. The Bertz CT molecular complexity index is 1380. The summed E-state index contributed by atoms with van der Waals surface area (Å²) in [5.41, 5.74) is 2.69. The van der Waals surface area contributed by atoms with Crippen LogP contribution < -0.4 is 9.64 Å². The van der Waals surface area contributed by atoms with Gasteiger partial charge in [-0.15, -0.1) is 0 Å². The van der Waals surface area contributed by atoms with Gasteiger partial charge in [-0.3, -0.25) is 4.79 Å². The summed E-state index contributed by atoms with van der Waals surface area (Å²) in [6, 6.07) is 19.6. The number of nitrogens with zero attached hydrogens (tertiary/aromatic N) is 5. The monoisotopic (exact) mass is 479 g/mol. The van der Waals surface area contributed by atoms with Crippen LogP contribution in [0.1, 0.15) is 41.7 Å². The number of piperazine rings is 1. The summed E-state index contributed by atoms with van der Waals surface area (Å²) in [6.07, 6.45) is 4.05. The van der Waals surface area contributed by atoms with Crippen molar-refractivity contribution in [2.75, 3.05) is 31.1 Å². The zero-order valence-corrected chi connectivity index (χ0v) is 19.7. The summed E-state index contributed by atoms with van der Waals surface area (Å²) >= 11 is 0. The number of fused-ring (bicyclic) bond motifs is 2. The van der Waals surface area contributed by atoms with Crippen LogP contribution in [0.2, 0.25) is 0 Å². The van der Waals surface area contributed by atoms with Gasteiger partial charge in [-0.2, -0.15) is 4.98 Å². The van der Waals surface area contributed by atoms with Crippen molar-refractivity contribution >= 4 is 11.7 Å². The van der Waals surface area contributed by atoms with Crippen LogP contribution in [0.5, 0.6) is 11.5 Å². The normalized spacial score (nSPS) is 17.3. The van der Waals surface area contributed by atoms with E-state index in [-0.39, 0.29) is 11.8 Å². The lowest BCUT2D eigenvalue weighted by molar-refractivity contribution is -0.132. The molecule has 4 heterocycles. The van der Waals surface area contributed by atoms with Crippen LogP contribution in [0.3, 0.4) is 0 Å². The number of carbonyl (C=O) groups excluding carboxylic acids is 1. The Labute approximate surface area is 208 Å². The Morgan fingerprint density at radius 3 is 2.19 bits per heavy atom. The number of carbonyl (C=O) groups is 1. The Kier molecular flexibility index (Phi) is 4.97. The number of hydrogen-bond donors (Lipinski definition) is 0. The quantitative estimate of drug-likeness (QED) is 0.423. The molecule has 180 valence electrons. The van der Waals surface area contributed by atoms with Crippen molar-refractivity contribution in [3.05, 3.63) is 83.9 Å². The summed E-state index contributed by atoms with van der Waals surface area (Å²) in [6.45, 7) is 2.72. The van der Waals surface area contributed by atoms with Gasteiger partial charge < -0.3 is 19.1 Å². The lowest BCUT2D eigenvalue weighted by Gasteiger charge is -2.38. The summed E-state index contributed by atoms with van der Waals surface area (Å²) in [7, 11) is 0. The first-order chi connectivity index (χ1) is 17.7. The first-order valence-electron chi connectivity index (χ1n) is 12.4. The van der Waals surface area contributed by atoms with Crippen LogP contribution in [-0.2, 0) is 4.79 Å². The molecule has 2 aromatic heterocycles. The van der Waals surface area contributed by atoms with E-state index in [1.165, 1.54) is 0 Å². The fourth-order valence-corrected chi connectivity index (χ4v) is 5.07. The summed E-state index contributed by atoms with van der Waals surface area (Å²) < 4.78 is 11.4. The molecule has 1 aliphatic carbocycles. The minimum atomic E-state index is -0.356. The highest BCUT2D eigenvalue weighted by molar-refractivity contribution is 5.90. The minimum absolute atomic E-state index is 0.115. The molecule has 2 fully saturated rings. The van der Waals surface area contributed by atoms with E-state index in [1.807, 2.05) is 65.6 Å². The summed E-state index contributed by atoms with van der Waals surface area (Å²) in [4.78, 5) is 27.1. The molecule has 8 heteroatoms. The molecule has 0 unspecified atom stereocenters. The van der Waals surface area contributed by atoms with E-state index in [4.69, 9.17) is 9.26 Å². The zero-order chi connectivity index (χ0) is 24.1. The van der Waals surface area contributed by atoms with Crippen molar-refractivity contribution in [2.24, 2.45) is 0 Å². The molecule has 0 radical (unpaired) electrons. The molecule has 2 aliphatic heterocycles. The molecular formula is C28H25N5O3. The Morgan fingerprint density at radius 1 is 0.861 bits per heavy atom. The van der Waals surface area contributed by atoms with Crippen molar-refractivity contribution in [1.82, 2.24) is 20.0 Å². The second-order valence-electron chi connectivity index (χ2n) is 9.56. The van der Waals surface area contributed by atoms with Gasteiger partial charge in [0.15, 0.2) is 0 Å². The molecular weight excluding hydrogens is 454 g/mol. The smallest absolute Gasteiger partial charge is 0.234 e. The Hall–Kier alpha value is -4.20. The predicted octanol–water partition coefficient (Wildman–Crippen LogP) is 4.60. The average Bonchev–Trinajstić information content (AvgIpc) is 3.67. The molecule has 36 heavy (non-hydrogen) atoms. The zero-order valence-electron chi connectivity index (χ0n) is 19.7. The number of anilines is 1. The first kappa shape index (κ1) is 21.1. The molecule has 1 saturated heterocycles. The van der Waals surface area contributed by atoms with E-state index in [2.05, 4.69) is 20.0 Å². The van der Waals surface area contributed by atoms with E-state index < -0.39 is 0 Å². The number of rotatable bonds is 4. The molecule has 0 bridgehead atoms. The van der Waals surface area contributed by atoms with Crippen molar-refractivity contribution in [3.63, 3.8) is 0 Å². The molecule has 1 amide bonds. The van der Waals surface area contributed by atoms with Crippen molar-refractivity contribution in [1.29, 1.82) is 0 Å². The van der Waals surface area contributed by atoms with Gasteiger partial charge in [-0.1, -0.05) is 41.6 Å². The number of hydrogen-bond acceptors (Lipinski definition) is 7. The van der Waals surface area contributed by atoms with E-state index in [0.717, 1.165) is 65.8 Å². The van der Waals surface area contributed by atoms with Crippen LogP contribution in [0.15, 0.2) is 71.4 Å². The fourth-order valence-electron chi connectivity index (χ4n) is 5.07. The van der Waals surface area contributed by atoms with Crippen molar-refractivity contribution in [3.8, 4) is 22.9 Å². The van der Waals surface area contributed by atoms with Crippen LogP contribution >= 0.6 is 0 Å². The van der Waals surface area contributed by atoms with Gasteiger partial charge in [0.05, 0.1) is 5.92 Å². The molecule has 3 aliphatic rings. The minimum Gasteiger partial charge on any atom is -0.457 e. The van der Waals surface area contributed by atoms with Gasteiger partial charge in [-0.25, -0.2) is 4.98 Å². The van der Waals surface area contributed by atoms with Crippen LogP contribution in [0.25, 0.3) is 11.4 Å². The molecule has 7 rings (SSSR count). The van der Waals surface area contributed by atoms with Gasteiger partial charge in [0.25, 0.3) is 0 Å². The van der Waals surface area contributed by atoms with Gasteiger partial charge in [0, 0.05) is 55.0 Å². The number of benzene rings is 2. The largest absolute Gasteiger partial charge is 0.457 e. The van der Waals surface area contributed by atoms with Crippen molar-refractivity contribution < 1.29 is 14.1 Å². The van der Waals surface area contributed by atoms with Crippen LogP contribution in [0, 0.1) is 0 Å². The van der Waals surface area contributed by atoms with E-state index in [1.54, 1.807) is 6.20 Å². The highest BCUT2D eigenvalue weighted by Crippen LogP contribution is 2.44. The Morgan fingerprint density at radius 2 is 1.56 bits per heavy atom. The van der Waals surface area contributed by atoms with Crippen molar-refractivity contribution in [2.45, 2.75) is 24.7 Å².